The maximum atomic E-state index is 5.44. The Labute approximate surface area is 160 Å². The summed E-state index contributed by atoms with van der Waals surface area (Å²) in [5.74, 6) is 2.00. The van der Waals surface area contributed by atoms with E-state index in [1.807, 2.05) is 37.3 Å². The van der Waals surface area contributed by atoms with Gasteiger partial charge in [0.25, 0.3) is 5.89 Å². The molecule has 6 nitrogen and oxygen atoms in total. The van der Waals surface area contributed by atoms with Gasteiger partial charge in [-0.05, 0) is 50.3 Å². The van der Waals surface area contributed by atoms with Crippen LogP contribution in [-0.2, 0) is 12.8 Å². The van der Waals surface area contributed by atoms with Crippen molar-refractivity contribution in [3.63, 3.8) is 0 Å². The summed E-state index contributed by atoms with van der Waals surface area (Å²) in [6.07, 6.45) is 6.37. The van der Waals surface area contributed by atoms with Crippen molar-refractivity contribution in [1.29, 1.82) is 0 Å². The molecule has 27 heavy (non-hydrogen) atoms. The molecule has 136 valence electrons. The first-order valence-corrected chi connectivity index (χ1v) is 10.0. The molecule has 1 aliphatic rings. The van der Waals surface area contributed by atoms with Crippen LogP contribution in [0.5, 0.6) is 0 Å². The van der Waals surface area contributed by atoms with E-state index in [0.29, 0.717) is 11.7 Å². The van der Waals surface area contributed by atoms with Crippen molar-refractivity contribution in [2.24, 2.45) is 0 Å². The molecule has 0 aliphatic heterocycles. The summed E-state index contributed by atoms with van der Waals surface area (Å²) in [7, 11) is 0. The predicted molar refractivity (Wildman–Crippen MR) is 106 cm³/mol. The fourth-order valence-corrected chi connectivity index (χ4v) is 4.81. The lowest BCUT2D eigenvalue weighted by molar-refractivity contribution is 0.420. The number of hydrogen-bond donors (Lipinski definition) is 1. The Morgan fingerprint density at radius 2 is 1.96 bits per heavy atom. The third-order valence-electron chi connectivity index (χ3n) is 4.95. The van der Waals surface area contributed by atoms with Gasteiger partial charge in [0.05, 0.1) is 11.4 Å². The highest BCUT2D eigenvalue weighted by Gasteiger charge is 2.22. The lowest BCUT2D eigenvalue weighted by atomic mass is 9.97. The van der Waals surface area contributed by atoms with Crippen LogP contribution in [0.4, 0.5) is 5.82 Å². The minimum atomic E-state index is -0.122. The smallest absolute Gasteiger partial charge is 0.257 e. The van der Waals surface area contributed by atoms with Crippen LogP contribution in [0.3, 0.4) is 0 Å². The standard InChI is InChI=1S/C20H19N5OS/c1-12(17-24-19(26-25-17)13-7-3-2-4-8-13)23-18-16-14-9-5-6-10-15(14)27-20(16)22-11-21-18/h2-4,7-8,11-12H,5-6,9-10H2,1H3,(H,21,22,23). The molecule has 1 atom stereocenters. The van der Waals surface area contributed by atoms with Crippen LogP contribution in [-0.4, -0.2) is 20.1 Å². The summed E-state index contributed by atoms with van der Waals surface area (Å²) >= 11 is 1.80. The van der Waals surface area contributed by atoms with E-state index in [9.17, 15) is 0 Å². The van der Waals surface area contributed by atoms with Crippen LogP contribution < -0.4 is 5.32 Å². The Hall–Kier alpha value is -2.80. The van der Waals surface area contributed by atoms with Crippen LogP contribution in [0.1, 0.15) is 42.1 Å². The molecule has 5 rings (SSSR count). The minimum absolute atomic E-state index is 0.122. The van der Waals surface area contributed by atoms with Crippen LogP contribution in [0, 0.1) is 0 Å². The number of fused-ring (bicyclic) bond motifs is 3. The van der Waals surface area contributed by atoms with Gasteiger partial charge in [0.1, 0.15) is 17.0 Å². The summed E-state index contributed by atoms with van der Waals surface area (Å²) in [6.45, 7) is 2.02. The van der Waals surface area contributed by atoms with Crippen molar-refractivity contribution in [3.05, 3.63) is 52.9 Å². The molecule has 3 heterocycles. The number of nitrogens with zero attached hydrogens (tertiary/aromatic N) is 4. The van der Waals surface area contributed by atoms with Gasteiger partial charge in [-0.25, -0.2) is 9.97 Å². The average molecular weight is 377 g/mol. The zero-order chi connectivity index (χ0) is 18.2. The first-order valence-electron chi connectivity index (χ1n) is 9.20. The number of benzene rings is 1. The minimum Gasteiger partial charge on any atom is -0.360 e. The molecule has 1 N–H and O–H groups in total. The predicted octanol–water partition coefficient (Wildman–Crippen LogP) is 4.79. The molecule has 0 saturated heterocycles. The number of thiophene rings is 1. The van der Waals surface area contributed by atoms with Crippen LogP contribution in [0.2, 0.25) is 0 Å². The van der Waals surface area contributed by atoms with Crippen molar-refractivity contribution in [2.75, 3.05) is 5.32 Å². The Bertz CT molecular complexity index is 1090. The molecular formula is C20H19N5OS. The quantitative estimate of drug-likeness (QED) is 0.551. The summed E-state index contributed by atoms with van der Waals surface area (Å²) in [6, 6.07) is 9.68. The number of rotatable bonds is 4. The normalized spacial score (nSPS) is 14.9. The van der Waals surface area contributed by atoms with E-state index >= 15 is 0 Å². The summed E-state index contributed by atoms with van der Waals surface area (Å²) in [5.41, 5.74) is 2.33. The first-order chi connectivity index (χ1) is 13.3. The van der Waals surface area contributed by atoms with Crippen LogP contribution in [0.25, 0.3) is 21.7 Å². The average Bonchev–Trinajstić information content (AvgIpc) is 3.34. The Kier molecular flexibility index (Phi) is 4.09. The summed E-state index contributed by atoms with van der Waals surface area (Å²) in [4.78, 5) is 16.1. The molecule has 4 aromatic rings. The maximum absolute atomic E-state index is 5.44. The topological polar surface area (TPSA) is 76.7 Å². The van der Waals surface area contributed by atoms with Crippen molar-refractivity contribution in [1.82, 2.24) is 20.1 Å². The highest BCUT2D eigenvalue weighted by molar-refractivity contribution is 7.19. The Balaban J connectivity index is 1.45. The highest BCUT2D eigenvalue weighted by atomic mass is 32.1. The van der Waals surface area contributed by atoms with Crippen molar-refractivity contribution < 1.29 is 4.52 Å². The Morgan fingerprint density at radius 1 is 1.11 bits per heavy atom. The second kappa shape index (κ2) is 6.74. The molecular weight excluding hydrogens is 358 g/mol. The van der Waals surface area contributed by atoms with E-state index < -0.39 is 0 Å². The second-order valence-electron chi connectivity index (χ2n) is 6.80. The lowest BCUT2D eigenvalue weighted by Crippen LogP contribution is -2.10. The maximum Gasteiger partial charge on any atom is 0.257 e. The largest absolute Gasteiger partial charge is 0.360 e. The van der Waals surface area contributed by atoms with Gasteiger partial charge in [0, 0.05) is 10.4 Å². The number of aryl methyl sites for hydroxylation is 2. The third kappa shape index (κ3) is 2.98. The van der Waals surface area contributed by atoms with E-state index in [1.165, 1.54) is 23.3 Å². The van der Waals surface area contributed by atoms with Gasteiger partial charge in [0.2, 0.25) is 0 Å². The van der Waals surface area contributed by atoms with Crippen molar-refractivity contribution in [2.45, 2.75) is 38.6 Å². The Morgan fingerprint density at radius 3 is 2.85 bits per heavy atom. The van der Waals surface area contributed by atoms with Gasteiger partial charge in [-0.15, -0.1) is 11.3 Å². The van der Waals surface area contributed by atoms with Gasteiger partial charge in [-0.3, -0.25) is 0 Å². The van der Waals surface area contributed by atoms with Crippen molar-refractivity contribution >= 4 is 27.4 Å². The van der Waals surface area contributed by atoms with E-state index in [0.717, 1.165) is 34.4 Å². The SMILES string of the molecule is CC(Nc1ncnc2sc3c(c12)CCCC3)c1noc(-c2ccccc2)n1. The zero-order valence-corrected chi connectivity index (χ0v) is 15.8. The molecule has 3 aromatic heterocycles. The molecule has 1 unspecified atom stereocenters. The van der Waals surface area contributed by atoms with E-state index in [2.05, 4.69) is 25.4 Å². The second-order valence-corrected chi connectivity index (χ2v) is 7.89. The first kappa shape index (κ1) is 16.4. The number of aromatic nitrogens is 4. The van der Waals surface area contributed by atoms with Gasteiger partial charge >= 0.3 is 0 Å². The van der Waals surface area contributed by atoms with Crippen LogP contribution in [0.15, 0.2) is 41.2 Å². The molecule has 1 aromatic carbocycles. The molecule has 7 heteroatoms. The summed E-state index contributed by atoms with van der Waals surface area (Å²) < 4.78 is 5.44. The highest BCUT2D eigenvalue weighted by Crippen LogP contribution is 2.38. The van der Waals surface area contributed by atoms with Gasteiger partial charge in [-0.2, -0.15) is 4.98 Å². The fourth-order valence-electron chi connectivity index (χ4n) is 3.58. The molecule has 0 fully saturated rings. The van der Waals surface area contributed by atoms with E-state index in [4.69, 9.17) is 4.52 Å². The van der Waals surface area contributed by atoms with E-state index in [1.54, 1.807) is 17.7 Å². The zero-order valence-electron chi connectivity index (χ0n) is 15.0. The number of hydrogen-bond acceptors (Lipinski definition) is 7. The van der Waals surface area contributed by atoms with Crippen LogP contribution >= 0.6 is 11.3 Å². The summed E-state index contributed by atoms with van der Waals surface area (Å²) in [5, 5.41) is 8.79. The van der Waals surface area contributed by atoms with Gasteiger partial charge < -0.3 is 9.84 Å². The molecule has 0 spiro atoms. The molecule has 0 amide bonds. The lowest BCUT2D eigenvalue weighted by Gasteiger charge is -2.14. The third-order valence-corrected chi connectivity index (χ3v) is 6.15. The molecule has 0 bridgehead atoms. The fraction of sp³-hybridized carbons (Fsp3) is 0.300. The monoisotopic (exact) mass is 377 g/mol. The van der Waals surface area contributed by atoms with Crippen molar-refractivity contribution in [3.8, 4) is 11.5 Å². The van der Waals surface area contributed by atoms with Gasteiger partial charge in [-0.1, -0.05) is 23.4 Å². The molecule has 1 aliphatic carbocycles. The number of nitrogens with one attached hydrogen (secondary N) is 1. The van der Waals surface area contributed by atoms with E-state index in [-0.39, 0.29) is 6.04 Å². The van der Waals surface area contributed by atoms with Gasteiger partial charge in [0.15, 0.2) is 5.82 Å². The number of anilines is 1. The molecule has 0 saturated carbocycles. The molecule has 0 radical (unpaired) electrons.